The van der Waals surface area contributed by atoms with Gasteiger partial charge in [-0.05, 0) is 18.2 Å². The van der Waals surface area contributed by atoms with Crippen molar-refractivity contribution in [2.45, 2.75) is 13.0 Å². The molecule has 1 saturated heterocycles. The maximum absolute atomic E-state index is 14.0. The topological polar surface area (TPSA) is 96.7 Å². The Bertz CT molecular complexity index is 625. The summed E-state index contributed by atoms with van der Waals surface area (Å²) in [7, 11) is 0. The normalized spacial score (nSPS) is 17.1. The van der Waals surface area contributed by atoms with E-state index in [1.165, 1.54) is 24.0 Å². The number of anilines is 1. The minimum Gasteiger partial charge on any atom is -0.442 e. The van der Waals surface area contributed by atoms with Gasteiger partial charge in [0.2, 0.25) is 5.91 Å². The molecule has 0 aliphatic carbocycles. The van der Waals surface area contributed by atoms with Gasteiger partial charge in [0.05, 0.1) is 18.8 Å². The van der Waals surface area contributed by atoms with Gasteiger partial charge in [0.15, 0.2) is 0 Å². The van der Waals surface area contributed by atoms with Gasteiger partial charge in [-0.25, -0.2) is 15.0 Å². The third-order valence-corrected chi connectivity index (χ3v) is 3.43. The first-order valence-electron chi connectivity index (χ1n) is 6.45. The Balaban J connectivity index is 2.12. The quantitative estimate of drug-likeness (QED) is 0.422. The highest BCUT2D eigenvalue weighted by atomic mass is 32.1. The molecule has 0 aromatic heterocycles. The summed E-state index contributed by atoms with van der Waals surface area (Å²) in [4.78, 5) is 24.0. The molecule has 1 atom stereocenters. The predicted molar refractivity (Wildman–Crippen MR) is 81.7 cm³/mol. The van der Waals surface area contributed by atoms with Crippen LogP contribution in [0.2, 0.25) is 0 Å². The van der Waals surface area contributed by atoms with Crippen molar-refractivity contribution in [2.24, 2.45) is 5.84 Å². The lowest BCUT2D eigenvalue weighted by Gasteiger charge is -2.14. The van der Waals surface area contributed by atoms with Crippen LogP contribution in [-0.2, 0) is 9.53 Å². The Morgan fingerprint density at radius 2 is 2.32 bits per heavy atom. The number of nitrogens with one attached hydrogen (secondary N) is 2. The molecule has 1 aliphatic heterocycles. The van der Waals surface area contributed by atoms with Crippen LogP contribution in [0.5, 0.6) is 0 Å². The highest BCUT2D eigenvalue weighted by Gasteiger charge is 2.32. The van der Waals surface area contributed by atoms with Crippen LogP contribution in [0.25, 0.3) is 0 Å². The van der Waals surface area contributed by atoms with Gasteiger partial charge in [-0.2, -0.15) is 0 Å². The maximum atomic E-state index is 14.0. The van der Waals surface area contributed by atoms with Crippen molar-refractivity contribution in [2.75, 3.05) is 18.0 Å². The van der Waals surface area contributed by atoms with Gasteiger partial charge in [-0.3, -0.25) is 9.69 Å². The van der Waals surface area contributed by atoms with Crippen molar-refractivity contribution in [1.29, 1.82) is 0 Å². The number of carbonyl (C=O) groups excluding carboxylic acids is 2. The molecule has 9 heteroatoms. The highest BCUT2D eigenvalue weighted by Crippen LogP contribution is 2.24. The molecule has 2 amide bonds. The Morgan fingerprint density at radius 1 is 1.59 bits per heavy atom. The predicted octanol–water partition coefficient (Wildman–Crippen LogP) is 0.426. The van der Waals surface area contributed by atoms with E-state index in [9.17, 15) is 14.0 Å². The van der Waals surface area contributed by atoms with E-state index >= 15 is 0 Å². The number of hydrazine groups is 1. The van der Waals surface area contributed by atoms with Gasteiger partial charge in [-0.1, -0.05) is 12.2 Å². The number of ether oxygens (including phenoxy) is 1. The third-order valence-electron chi connectivity index (χ3n) is 3.09. The summed E-state index contributed by atoms with van der Waals surface area (Å²) in [5.41, 5.74) is 2.69. The third kappa shape index (κ3) is 3.49. The summed E-state index contributed by atoms with van der Waals surface area (Å²) >= 11 is 4.87. The minimum atomic E-state index is -0.599. The summed E-state index contributed by atoms with van der Waals surface area (Å²) in [5, 5.41) is 2.57. The van der Waals surface area contributed by atoms with Crippen LogP contribution in [0, 0.1) is 5.82 Å². The zero-order valence-corrected chi connectivity index (χ0v) is 12.6. The SMILES string of the molecule is CC(=O)NCC1CN(c2ccc(C(=S)NN)c(F)c2)C(=O)O1. The van der Waals surface area contributed by atoms with Crippen LogP contribution in [0.4, 0.5) is 14.9 Å². The van der Waals surface area contributed by atoms with Crippen molar-refractivity contribution in [3.8, 4) is 0 Å². The fourth-order valence-corrected chi connectivity index (χ4v) is 2.20. The molecule has 4 N–H and O–H groups in total. The Labute approximate surface area is 131 Å². The first-order chi connectivity index (χ1) is 10.4. The number of thiocarbonyl (C=S) groups is 1. The number of hydrogen-bond acceptors (Lipinski definition) is 5. The second-order valence-corrected chi connectivity index (χ2v) is 5.10. The van der Waals surface area contributed by atoms with E-state index in [0.29, 0.717) is 5.69 Å². The molecule has 0 saturated carbocycles. The number of benzene rings is 1. The van der Waals surface area contributed by atoms with E-state index in [0.717, 1.165) is 0 Å². The average molecular weight is 326 g/mol. The van der Waals surface area contributed by atoms with Crippen LogP contribution in [0.1, 0.15) is 12.5 Å². The maximum Gasteiger partial charge on any atom is 0.414 e. The average Bonchev–Trinajstić information content (AvgIpc) is 2.85. The molecule has 0 spiro atoms. The molecular weight excluding hydrogens is 311 g/mol. The molecule has 1 aliphatic rings. The highest BCUT2D eigenvalue weighted by molar-refractivity contribution is 7.80. The number of hydrogen-bond donors (Lipinski definition) is 3. The summed E-state index contributed by atoms with van der Waals surface area (Å²) in [6.45, 7) is 1.80. The second kappa shape index (κ2) is 6.67. The van der Waals surface area contributed by atoms with Crippen molar-refractivity contribution >= 4 is 34.9 Å². The molecule has 1 aromatic rings. The van der Waals surface area contributed by atoms with Gasteiger partial charge in [0, 0.05) is 12.5 Å². The molecule has 118 valence electrons. The summed E-state index contributed by atoms with van der Waals surface area (Å²) < 4.78 is 19.1. The number of halogens is 1. The fraction of sp³-hybridized carbons (Fsp3) is 0.308. The van der Waals surface area contributed by atoms with E-state index < -0.39 is 18.0 Å². The number of amides is 2. The molecule has 1 unspecified atom stereocenters. The van der Waals surface area contributed by atoms with Gasteiger partial charge in [0.25, 0.3) is 0 Å². The van der Waals surface area contributed by atoms with Crippen molar-refractivity contribution in [3.05, 3.63) is 29.6 Å². The summed E-state index contributed by atoms with van der Waals surface area (Å²) in [6.07, 6.45) is -1.08. The smallest absolute Gasteiger partial charge is 0.414 e. The van der Waals surface area contributed by atoms with Crippen LogP contribution in [0.15, 0.2) is 18.2 Å². The zero-order valence-electron chi connectivity index (χ0n) is 11.8. The van der Waals surface area contributed by atoms with Crippen LogP contribution in [-0.4, -0.2) is 36.2 Å². The number of nitrogens with two attached hydrogens (primary N) is 1. The van der Waals surface area contributed by atoms with Crippen molar-refractivity contribution in [3.63, 3.8) is 0 Å². The monoisotopic (exact) mass is 326 g/mol. The standard InChI is InChI=1S/C13H15FN4O3S/c1-7(19)16-5-9-6-18(13(20)21-9)8-2-3-10(11(14)4-8)12(22)17-15/h2-4,9H,5-6,15H2,1H3,(H,16,19)(H,17,22). The summed E-state index contributed by atoms with van der Waals surface area (Å²) in [6, 6.07) is 4.16. The Morgan fingerprint density at radius 3 is 2.91 bits per heavy atom. The lowest BCUT2D eigenvalue weighted by molar-refractivity contribution is -0.119. The molecule has 1 fully saturated rings. The molecule has 1 heterocycles. The molecule has 2 rings (SSSR count). The largest absolute Gasteiger partial charge is 0.442 e. The minimum absolute atomic E-state index is 0.0663. The second-order valence-electron chi connectivity index (χ2n) is 4.69. The Hall–Kier alpha value is -2.26. The van der Waals surface area contributed by atoms with E-state index in [-0.39, 0.29) is 29.5 Å². The van der Waals surface area contributed by atoms with E-state index in [4.69, 9.17) is 22.8 Å². The van der Waals surface area contributed by atoms with E-state index in [2.05, 4.69) is 10.7 Å². The van der Waals surface area contributed by atoms with Crippen molar-refractivity contribution < 1.29 is 18.7 Å². The molecule has 0 bridgehead atoms. The zero-order chi connectivity index (χ0) is 16.3. The van der Waals surface area contributed by atoms with Crippen LogP contribution in [0.3, 0.4) is 0 Å². The lowest BCUT2D eigenvalue weighted by atomic mass is 10.1. The van der Waals surface area contributed by atoms with E-state index in [1.807, 2.05) is 0 Å². The lowest BCUT2D eigenvalue weighted by Crippen LogP contribution is -2.33. The van der Waals surface area contributed by atoms with Gasteiger partial charge in [0.1, 0.15) is 16.9 Å². The molecule has 22 heavy (non-hydrogen) atoms. The molecular formula is C13H15FN4O3S. The number of rotatable bonds is 4. The number of carbonyl (C=O) groups is 2. The van der Waals surface area contributed by atoms with Gasteiger partial charge in [-0.15, -0.1) is 0 Å². The molecule has 1 aromatic carbocycles. The summed E-state index contributed by atoms with van der Waals surface area (Å²) in [5.74, 6) is 4.34. The first kappa shape index (κ1) is 16.1. The molecule has 7 nitrogen and oxygen atoms in total. The number of cyclic esters (lactones) is 1. The van der Waals surface area contributed by atoms with Crippen LogP contribution >= 0.6 is 12.2 Å². The first-order valence-corrected chi connectivity index (χ1v) is 6.86. The van der Waals surface area contributed by atoms with Gasteiger partial charge >= 0.3 is 6.09 Å². The van der Waals surface area contributed by atoms with Crippen molar-refractivity contribution in [1.82, 2.24) is 10.7 Å². The van der Waals surface area contributed by atoms with Gasteiger partial charge < -0.3 is 15.5 Å². The molecule has 0 radical (unpaired) electrons. The fourth-order valence-electron chi connectivity index (χ4n) is 2.03. The Kier molecular flexibility index (Phi) is 4.88. The number of nitrogens with zero attached hydrogens (tertiary/aromatic N) is 1. The van der Waals surface area contributed by atoms with Crippen LogP contribution < -0.4 is 21.5 Å². The van der Waals surface area contributed by atoms with E-state index in [1.54, 1.807) is 6.07 Å².